The number of aliphatic hydroxyl groups is 1. The molecule has 0 radical (unpaired) electrons. The van der Waals surface area contributed by atoms with Gasteiger partial charge in [-0.05, 0) is 37.1 Å². The maximum Gasteiger partial charge on any atom is 0.219 e. The van der Waals surface area contributed by atoms with Crippen molar-refractivity contribution < 1.29 is 9.84 Å². The van der Waals surface area contributed by atoms with Gasteiger partial charge in [-0.25, -0.2) is 4.98 Å². The highest BCUT2D eigenvalue weighted by atomic mass is 16.5. The summed E-state index contributed by atoms with van der Waals surface area (Å²) in [5.74, 6) is 1.29. The molecule has 3 nitrogen and oxygen atoms in total. The zero-order valence-electron chi connectivity index (χ0n) is 9.97. The van der Waals surface area contributed by atoms with Crippen molar-refractivity contribution in [3.63, 3.8) is 0 Å². The number of aliphatic hydroxyl groups excluding tert-OH is 1. The number of hydrogen-bond donors (Lipinski definition) is 1. The second-order valence-corrected chi connectivity index (χ2v) is 4.03. The molecule has 0 atom stereocenters. The van der Waals surface area contributed by atoms with Crippen molar-refractivity contribution in [2.75, 3.05) is 0 Å². The molecule has 0 amide bonds. The van der Waals surface area contributed by atoms with Gasteiger partial charge in [0.25, 0.3) is 0 Å². The van der Waals surface area contributed by atoms with E-state index in [1.54, 1.807) is 18.3 Å². The molecule has 0 fully saturated rings. The van der Waals surface area contributed by atoms with Gasteiger partial charge in [-0.3, -0.25) is 0 Å². The van der Waals surface area contributed by atoms with Gasteiger partial charge < -0.3 is 9.84 Å². The summed E-state index contributed by atoms with van der Waals surface area (Å²) in [6.07, 6.45) is 1.63. The number of pyridine rings is 1. The third kappa shape index (κ3) is 2.82. The normalized spacial score (nSPS) is 10.3. The summed E-state index contributed by atoms with van der Waals surface area (Å²) in [6, 6.07) is 9.48. The van der Waals surface area contributed by atoms with Gasteiger partial charge >= 0.3 is 0 Å². The molecule has 1 heterocycles. The lowest BCUT2D eigenvalue weighted by molar-refractivity contribution is 0.281. The number of hydrogen-bond acceptors (Lipinski definition) is 3. The van der Waals surface area contributed by atoms with Crippen molar-refractivity contribution in [3.05, 3.63) is 53.2 Å². The van der Waals surface area contributed by atoms with Crippen LogP contribution in [-0.2, 0) is 6.61 Å². The summed E-state index contributed by atoms with van der Waals surface area (Å²) in [5.41, 5.74) is 3.06. The van der Waals surface area contributed by atoms with Crippen molar-refractivity contribution in [2.45, 2.75) is 20.5 Å². The molecule has 0 spiro atoms. The van der Waals surface area contributed by atoms with Crippen molar-refractivity contribution in [2.24, 2.45) is 0 Å². The molecule has 0 aliphatic carbocycles. The van der Waals surface area contributed by atoms with E-state index in [9.17, 15) is 0 Å². The highest BCUT2D eigenvalue weighted by molar-refractivity contribution is 5.38. The van der Waals surface area contributed by atoms with E-state index in [1.807, 2.05) is 26.0 Å². The molecule has 2 aromatic rings. The number of ether oxygens (including phenoxy) is 1. The van der Waals surface area contributed by atoms with E-state index in [0.29, 0.717) is 5.88 Å². The SMILES string of the molecule is Cc1ccc(Oc2cc(CO)ccn2)c(C)c1. The maximum absolute atomic E-state index is 9.04. The molecule has 0 unspecified atom stereocenters. The Kier molecular flexibility index (Phi) is 3.40. The minimum absolute atomic E-state index is 0.00817. The second-order valence-electron chi connectivity index (χ2n) is 4.03. The van der Waals surface area contributed by atoms with E-state index < -0.39 is 0 Å². The number of aryl methyl sites for hydroxylation is 2. The van der Waals surface area contributed by atoms with Crippen LogP contribution in [0, 0.1) is 13.8 Å². The summed E-state index contributed by atoms with van der Waals surface area (Å²) in [6.45, 7) is 4.03. The summed E-state index contributed by atoms with van der Waals surface area (Å²) in [7, 11) is 0. The summed E-state index contributed by atoms with van der Waals surface area (Å²) >= 11 is 0. The largest absolute Gasteiger partial charge is 0.439 e. The first-order valence-electron chi connectivity index (χ1n) is 5.50. The molecule has 1 aromatic carbocycles. The fourth-order valence-electron chi connectivity index (χ4n) is 1.63. The van der Waals surface area contributed by atoms with Crippen LogP contribution in [0.15, 0.2) is 36.5 Å². The standard InChI is InChI=1S/C14H15NO2/c1-10-3-4-13(11(2)7-10)17-14-8-12(9-16)5-6-15-14/h3-8,16H,9H2,1-2H3. The molecule has 3 heteroatoms. The monoisotopic (exact) mass is 229 g/mol. The third-order valence-corrected chi connectivity index (χ3v) is 2.53. The van der Waals surface area contributed by atoms with Crippen molar-refractivity contribution in [1.29, 1.82) is 0 Å². The van der Waals surface area contributed by atoms with Gasteiger partial charge in [0.1, 0.15) is 5.75 Å². The Morgan fingerprint density at radius 1 is 1.18 bits per heavy atom. The Bertz CT molecular complexity index is 523. The molecule has 17 heavy (non-hydrogen) atoms. The third-order valence-electron chi connectivity index (χ3n) is 2.53. The molecule has 1 N–H and O–H groups in total. The second kappa shape index (κ2) is 4.97. The number of benzene rings is 1. The molecule has 1 aromatic heterocycles. The van der Waals surface area contributed by atoms with E-state index in [1.165, 1.54) is 5.56 Å². The lowest BCUT2D eigenvalue weighted by Crippen LogP contribution is -1.92. The lowest BCUT2D eigenvalue weighted by atomic mass is 10.1. The summed E-state index contributed by atoms with van der Waals surface area (Å²) < 4.78 is 5.68. The van der Waals surface area contributed by atoms with Crippen LogP contribution in [0.5, 0.6) is 11.6 Å². The van der Waals surface area contributed by atoms with E-state index in [2.05, 4.69) is 11.1 Å². The Morgan fingerprint density at radius 3 is 2.71 bits per heavy atom. The van der Waals surface area contributed by atoms with Crippen molar-refractivity contribution >= 4 is 0 Å². The predicted octanol–water partition coefficient (Wildman–Crippen LogP) is 2.98. The van der Waals surface area contributed by atoms with Gasteiger partial charge in [0, 0.05) is 12.3 Å². The molecule has 0 aliphatic rings. The van der Waals surface area contributed by atoms with E-state index in [-0.39, 0.29) is 6.61 Å². The van der Waals surface area contributed by atoms with Gasteiger partial charge in [0.15, 0.2) is 0 Å². The zero-order valence-corrected chi connectivity index (χ0v) is 9.97. The number of rotatable bonds is 3. The Morgan fingerprint density at radius 2 is 2.00 bits per heavy atom. The zero-order chi connectivity index (χ0) is 12.3. The van der Waals surface area contributed by atoms with E-state index >= 15 is 0 Å². The molecule has 88 valence electrons. The highest BCUT2D eigenvalue weighted by Crippen LogP contribution is 2.24. The van der Waals surface area contributed by atoms with Gasteiger partial charge in [-0.1, -0.05) is 17.7 Å². The van der Waals surface area contributed by atoms with Crippen LogP contribution < -0.4 is 4.74 Å². The Hall–Kier alpha value is -1.87. The van der Waals surface area contributed by atoms with E-state index in [0.717, 1.165) is 16.9 Å². The smallest absolute Gasteiger partial charge is 0.219 e. The molecule has 0 aliphatic heterocycles. The maximum atomic E-state index is 9.04. The fourth-order valence-corrected chi connectivity index (χ4v) is 1.63. The first-order valence-corrected chi connectivity index (χ1v) is 5.50. The van der Waals surface area contributed by atoms with Gasteiger partial charge in [-0.2, -0.15) is 0 Å². The van der Waals surface area contributed by atoms with Crippen LogP contribution in [0.25, 0.3) is 0 Å². The van der Waals surface area contributed by atoms with Crippen LogP contribution in [0.2, 0.25) is 0 Å². The Labute approximate surface area is 101 Å². The molecule has 0 bridgehead atoms. The van der Waals surface area contributed by atoms with Crippen LogP contribution in [0.1, 0.15) is 16.7 Å². The summed E-state index contributed by atoms with van der Waals surface area (Å²) in [5, 5.41) is 9.04. The quantitative estimate of drug-likeness (QED) is 0.879. The van der Waals surface area contributed by atoms with E-state index in [4.69, 9.17) is 9.84 Å². The lowest BCUT2D eigenvalue weighted by Gasteiger charge is -2.08. The average Bonchev–Trinajstić information content (AvgIpc) is 2.33. The van der Waals surface area contributed by atoms with Crippen LogP contribution in [0.4, 0.5) is 0 Å². The minimum atomic E-state index is -0.00817. The minimum Gasteiger partial charge on any atom is -0.439 e. The van der Waals surface area contributed by atoms with Crippen molar-refractivity contribution in [3.8, 4) is 11.6 Å². The van der Waals surface area contributed by atoms with Gasteiger partial charge in [-0.15, -0.1) is 0 Å². The summed E-state index contributed by atoms with van der Waals surface area (Å²) in [4.78, 5) is 4.11. The molecule has 2 rings (SSSR count). The number of nitrogens with zero attached hydrogens (tertiary/aromatic N) is 1. The predicted molar refractivity (Wildman–Crippen MR) is 66.1 cm³/mol. The fraction of sp³-hybridized carbons (Fsp3) is 0.214. The highest BCUT2D eigenvalue weighted by Gasteiger charge is 2.03. The number of aromatic nitrogens is 1. The first-order chi connectivity index (χ1) is 8.19. The topological polar surface area (TPSA) is 42.4 Å². The average molecular weight is 229 g/mol. The molecular weight excluding hydrogens is 214 g/mol. The van der Waals surface area contributed by atoms with Crippen LogP contribution >= 0.6 is 0 Å². The van der Waals surface area contributed by atoms with Gasteiger partial charge in [0.2, 0.25) is 5.88 Å². The van der Waals surface area contributed by atoms with Crippen LogP contribution in [0.3, 0.4) is 0 Å². The molecular formula is C14H15NO2. The first kappa shape index (κ1) is 11.6. The van der Waals surface area contributed by atoms with Crippen molar-refractivity contribution in [1.82, 2.24) is 4.98 Å². The van der Waals surface area contributed by atoms with Crippen LogP contribution in [-0.4, -0.2) is 10.1 Å². The Balaban J connectivity index is 2.25. The molecule has 0 saturated heterocycles. The van der Waals surface area contributed by atoms with Gasteiger partial charge in [0.05, 0.1) is 6.61 Å². The molecule has 0 saturated carbocycles.